The molecule has 4 nitrogen and oxygen atoms in total. The smallest absolute Gasteiger partial charge is 0.269 e. The molecule has 0 spiro atoms. The van der Waals surface area contributed by atoms with Crippen molar-refractivity contribution in [2.45, 2.75) is 19.4 Å². The van der Waals surface area contributed by atoms with Crippen LogP contribution in [0.5, 0.6) is 0 Å². The Kier molecular flexibility index (Phi) is 6.49. The zero-order valence-corrected chi connectivity index (χ0v) is 11.8. The third-order valence-corrected chi connectivity index (χ3v) is 4.62. The average Bonchev–Trinajstić information content (AvgIpc) is 2.15. The molecule has 0 heterocycles. The van der Waals surface area contributed by atoms with Gasteiger partial charge >= 0.3 is 0 Å². The minimum absolute atomic E-state index is 0.116. The molecule has 0 amide bonds. The standard InChI is InChI=1S/C10H19ClNO3P/c1-8(2)10(13)6-9(7-11)15-16(5,14)12(3)4/h9H,1,6-7H2,2-5H3. The molecule has 0 saturated heterocycles. The van der Waals surface area contributed by atoms with E-state index in [1.54, 1.807) is 21.0 Å². The molecule has 2 unspecified atom stereocenters. The second kappa shape index (κ2) is 6.55. The van der Waals surface area contributed by atoms with Crippen LogP contribution < -0.4 is 0 Å². The number of Topliss-reactive ketones (excluding diaryl/α,β-unsaturated/α-hetero) is 1. The zero-order valence-electron chi connectivity index (χ0n) is 10.2. The maximum Gasteiger partial charge on any atom is 0.269 e. The highest BCUT2D eigenvalue weighted by Gasteiger charge is 2.25. The minimum Gasteiger partial charge on any atom is -0.313 e. The van der Waals surface area contributed by atoms with Crippen molar-refractivity contribution in [3.8, 4) is 0 Å². The highest BCUT2D eigenvalue weighted by atomic mass is 35.5. The van der Waals surface area contributed by atoms with E-state index in [1.165, 1.54) is 11.3 Å². The topological polar surface area (TPSA) is 46.6 Å². The molecule has 0 fully saturated rings. The van der Waals surface area contributed by atoms with Gasteiger partial charge in [-0.05, 0) is 26.6 Å². The summed E-state index contributed by atoms with van der Waals surface area (Å²) in [6, 6.07) is 0. The summed E-state index contributed by atoms with van der Waals surface area (Å²) in [4.78, 5) is 11.4. The lowest BCUT2D eigenvalue weighted by Crippen LogP contribution is -2.22. The first-order valence-corrected chi connectivity index (χ1v) is 7.45. The fourth-order valence-corrected chi connectivity index (χ4v) is 2.02. The molecular formula is C10H19ClNO3P. The van der Waals surface area contributed by atoms with E-state index in [-0.39, 0.29) is 18.1 Å². The number of carbonyl (C=O) groups is 1. The van der Waals surface area contributed by atoms with Gasteiger partial charge in [-0.15, -0.1) is 11.6 Å². The van der Waals surface area contributed by atoms with Crippen molar-refractivity contribution >= 4 is 24.9 Å². The summed E-state index contributed by atoms with van der Waals surface area (Å²) in [6.07, 6.45) is -0.422. The molecule has 6 heteroatoms. The minimum atomic E-state index is -2.86. The predicted molar refractivity (Wildman–Crippen MR) is 67.2 cm³/mol. The Morgan fingerprint density at radius 3 is 2.38 bits per heavy atom. The van der Waals surface area contributed by atoms with Crippen LogP contribution >= 0.6 is 19.1 Å². The number of allylic oxidation sites excluding steroid dienone is 1. The summed E-state index contributed by atoms with van der Waals surface area (Å²) >= 11 is 5.68. The monoisotopic (exact) mass is 267 g/mol. The van der Waals surface area contributed by atoms with E-state index in [0.717, 1.165) is 0 Å². The summed E-state index contributed by atoms with van der Waals surface area (Å²) in [5, 5.41) is 0. The first-order valence-electron chi connectivity index (χ1n) is 4.89. The molecule has 0 radical (unpaired) electrons. The zero-order chi connectivity index (χ0) is 12.9. The first kappa shape index (κ1) is 15.9. The average molecular weight is 268 g/mol. The van der Waals surface area contributed by atoms with Crippen molar-refractivity contribution in [2.24, 2.45) is 0 Å². The summed E-state index contributed by atoms with van der Waals surface area (Å²) in [5.41, 5.74) is 0.453. The molecule has 0 aromatic rings. The van der Waals surface area contributed by atoms with Gasteiger partial charge in [0.15, 0.2) is 5.78 Å². The Labute approximate surface area is 102 Å². The lowest BCUT2D eigenvalue weighted by Gasteiger charge is -2.25. The van der Waals surface area contributed by atoms with Gasteiger partial charge in [-0.2, -0.15) is 0 Å². The van der Waals surface area contributed by atoms with Crippen molar-refractivity contribution < 1.29 is 13.9 Å². The SMILES string of the molecule is C=C(C)C(=O)CC(CCl)OP(C)(=O)N(C)C. The highest BCUT2D eigenvalue weighted by molar-refractivity contribution is 7.55. The Hall–Kier alpha value is -0.150. The third kappa shape index (κ3) is 5.26. The number of rotatable bonds is 7. The fourth-order valence-electron chi connectivity index (χ4n) is 0.872. The lowest BCUT2D eigenvalue weighted by atomic mass is 10.1. The molecule has 94 valence electrons. The second-order valence-electron chi connectivity index (χ2n) is 3.94. The Morgan fingerprint density at radius 1 is 1.56 bits per heavy atom. The van der Waals surface area contributed by atoms with E-state index in [1.807, 2.05) is 0 Å². The van der Waals surface area contributed by atoms with Crippen LogP contribution in [0.2, 0.25) is 0 Å². The van der Waals surface area contributed by atoms with Crippen LogP contribution in [0.1, 0.15) is 13.3 Å². The van der Waals surface area contributed by atoms with Crippen molar-refractivity contribution in [3.05, 3.63) is 12.2 Å². The largest absolute Gasteiger partial charge is 0.313 e. The Morgan fingerprint density at radius 2 is 2.06 bits per heavy atom. The van der Waals surface area contributed by atoms with Gasteiger partial charge in [0.05, 0.1) is 6.10 Å². The van der Waals surface area contributed by atoms with Crippen LogP contribution in [0.4, 0.5) is 0 Å². The number of ketones is 1. The molecule has 2 atom stereocenters. The van der Waals surface area contributed by atoms with E-state index >= 15 is 0 Å². The number of hydrogen-bond donors (Lipinski definition) is 0. The van der Waals surface area contributed by atoms with Crippen molar-refractivity contribution in [1.82, 2.24) is 4.67 Å². The van der Waals surface area contributed by atoms with E-state index in [2.05, 4.69) is 6.58 Å². The second-order valence-corrected chi connectivity index (χ2v) is 6.86. The van der Waals surface area contributed by atoms with Crippen LogP contribution in [0, 0.1) is 0 Å². The van der Waals surface area contributed by atoms with E-state index in [9.17, 15) is 9.36 Å². The molecule has 0 aliphatic rings. The van der Waals surface area contributed by atoms with Gasteiger partial charge in [-0.25, -0.2) is 4.67 Å². The molecule has 0 bridgehead atoms. The highest BCUT2D eigenvalue weighted by Crippen LogP contribution is 2.46. The molecular weight excluding hydrogens is 249 g/mol. The van der Waals surface area contributed by atoms with Crippen molar-refractivity contribution in [1.29, 1.82) is 0 Å². The molecule has 0 aliphatic carbocycles. The molecule has 0 saturated carbocycles. The Bertz CT molecular complexity index is 317. The molecule has 0 aromatic heterocycles. The number of halogens is 1. The summed E-state index contributed by atoms with van der Waals surface area (Å²) in [6.45, 7) is 6.67. The lowest BCUT2D eigenvalue weighted by molar-refractivity contribution is -0.116. The summed E-state index contributed by atoms with van der Waals surface area (Å²) in [5.74, 6) is 0.00873. The fraction of sp³-hybridized carbons (Fsp3) is 0.700. The Balaban J connectivity index is 4.48. The number of carbonyl (C=O) groups excluding carboxylic acids is 1. The van der Waals surface area contributed by atoms with Crippen molar-refractivity contribution in [3.63, 3.8) is 0 Å². The van der Waals surface area contributed by atoms with Gasteiger partial charge in [-0.1, -0.05) is 6.58 Å². The normalized spacial score (nSPS) is 16.9. The van der Waals surface area contributed by atoms with Gasteiger partial charge in [0.1, 0.15) is 0 Å². The van der Waals surface area contributed by atoms with Crippen LogP contribution in [0.25, 0.3) is 0 Å². The predicted octanol–water partition coefficient (Wildman–Crippen LogP) is 2.53. The molecule has 0 N–H and O–H groups in total. The van der Waals surface area contributed by atoms with Gasteiger partial charge < -0.3 is 4.52 Å². The molecule has 0 aliphatic heterocycles. The first-order chi connectivity index (χ1) is 7.20. The van der Waals surface area contributed by atoms with Gasteiger partial charge in [-0.3, -0.25) is 9.36 Å². The van der Waals surface area contributed by atoms with Crippen molar-refractivity contribution in [2.75, 3.05) is 26.6 Å². The molecule has 16 heavy (non-hydrogen) atoms. The van der Waals surface area contributed by atoms with E-state index < -0.39 is 13.6 Å². The summed E-state index contributed by atoms with van der Waals surface area (Å²) < 4.78 is 18.8. The maximum atomic E-state index is 11.9. The van der Waals surface area contributed by atoms with E-state index in [4.69, 9.17) is 16.1 Å². The van der Waals surface area contributed by atoms with E-state index in [0.29, 0.717) is 5.57 Å². The number of hydrogen-bond acceptors (Lipinski definition) is 3. The summed E-state index contributed by atoms with van der Waals surface area (Å²) in [7, 11) is 0.462. The third-order valence-electron chi connectivity index (χ3n) is 2.13. The number of alkyl halides is 1. The molecule has 0 rings (SSSR count). The number of nitrogens with zero attached hydrogens (tertiary/aromatic N) is 1. The van der Waals surface area contributed by atoms with Gasteiger partial charge in [0.25, 0.3) is 7.52 Å². The maximum absolute atomic E-state index is 11.9. The van der Waals surface area contributed by atoms with Crippen LogP contribution in [-0.2, 0) is 13.9 Å². The van der Waals surface area contributed by atoms with Crippen LogP contribution in [0.3, 0.4) is 0 Å². The van der Waals surface area contributed by atoms with Crippen LogP contribution in [-0.4, -0.2) is 43.2 Å². The van der Waals surface area contributed by atoms with Crippen LogP contribution in [0.15, 0.2) is 12.2 Å². The van der Waals surface area contributed by atoms with Gasteiger partial charge in [0.2, 0.25) is 0 Å². The molecule has 0 aromatic carbocycles. The quantitative estimate of drug-likeness (QED) is 0.404. The van der Waals surface area contributed by atoms with Gasteiger partial charge in [0, 0.05) is 19.0 Å².